The van der Waals surface area contributed by atoms with Crippen molar-refractivity contribution in [3.63, 3.8) is 0 Å². The second kappa shape index (κ2) is 5.91. The topological polar surface area (TPSA) is 81.6 Å². The molecule has 1 heterocycles. The number of rotatable bonds is 7. The van der Waals surface area contributed by atoms with Gasteiger partial charge in [0.2, 0.25) is 0 Å². The van der Waals surface area contributed by atoms with E-state index >= 15 is 0 Å². The van der Waals surface area contributed by atoms with Gasteiger partial charge < -0.3 is 21.1 Å². The molecule has 0 atom stereocenters. The van der Waals surface area contributed by atoms with Crippen LogP contribution in [0.15, 0.2) is 0 Å². The molecule has 1 aromatic heterocycles. The second-order valence-electron chi connectivity index (χ2n) is 5.49. The predicted octanol–water partition coefficient (Wildman–Crippen LogP) is 2.45. The SMILES string of the molecule is CCN(CC1CC1)c1sc(C(N)=O)c(N)c1OC(C)C. The first-order valence-corrected chi connectivity index (χ1v) is 7.89. The largest absolute Gasteiger partial charge is 0.486 e. The van der Waals surface area contributed by atoms with E-state index in [0.29, 0.717) is 16.3 Å². The van der Waals surface area contributed by atoms with Crippen LogP contribution in [0.1, 0.15) is 43.3 Å². The average molecular weight is 297 g/mol. The molecule has 0 saturated heterocycles. The van der Waals surface area contributed by atoms with Crippen LogP contribution in [0.2, 0.25) is 0 Å². The van der Waals surface area contributed by atoms with Crippen molar-refractivity contribution >= 4 is 27.9 Å². The number of carbonyl (C=O) groups is 1. The summed E-state index contributed by atoms with van der Waals surface area (Å²) in [5, 5.41) is 0.930. The fraction of sp³-hybridized carbons (Fsp3) is 0.643. The zero-order chi connectivity index (χ0) is 14.9. The molecule has 0 spiro atoms. The van der Waals surface area contributed by atoms with E-state index < -0.39 is 5.91 Å². The van der Waals surface area contributed by atoms with Gasteiger partial charge in [-0.3, -0.25) is 4.79 Å². The minimum Gasteiger partial charge on any atom is -0.486 e. The van der Waals surface area contributed by atoms with E-state index in [4.69, 9.17) is 16.2 Å². The summed E-state index contributed by atoms with van der Waals surface area (Å²) < 4.78 is 5.83. The van der Waals surface area contributed by atoms with Crippen LogP contribution in [0.3, 0.4) is 0 Å². The third-order valence-corrected chi connectivity index (χ3v) is 4.57. The van der Waals surface area contributed by atoms with E-state index in [1.807, 2.05) is 13.8 Å². The van der Waals surface area contributed by atoms with Crippen molar-refractivity contribution in [2.24, 2.45) is 11.7 Å². The summed E-state index contributed by atoms with van der Waals surface area (Å²) in [4.78, 5) is 14.1. The zero-order valence-electron chi connectivity index (χ0n) is 12.3. The van der Waals surface area contributed by atoms with Gasteiger partial charge in [0.05, 0.1) is 6.10 Å². The number of anilines is 2. The summed E-state index contributed by atoms with van der Waals surface area (Å²) in [6.07, 6.45) is 2.56. The Morgan fingerprint density at radius 3 is 2.60 bits per heavy atom. The van der Waals surface area contributed by atoms with Crippen LogP contribution >= 0.6 is 11.3 Å². The van der Waals surface area contributed by atoms with Crippen molar-refractivity contribution in [2.45, 2.75) is 39.7 Å². The van der Waals surface area contributed by atoms with Gasteiger partial charge in [0.25, 0.3) is 5.91 Å². The van der Waals surface area contributed by atoms with Gasteiger partial charge in [-0.05, 0) is 39.5 Å². The lowest BCUT2D eigenvalue weighted by Gasteiger charge is -2.23. The molecule has 0 bridgehead atoms. The quantitative estimate of drug-likeness (QED) is 0.810. The minimum absolute atomic E-state index is 0.00556. The molecule has 2 rings (SSSR count). The lowest BCUT2D eigenvalue weighted by molar-refractivity contribution is 0.100. The summed E-state index contributed by atoms with van der Waals surface area (Å²) >= 11 is 1.34. The van der Waals surface area contributed by atoms with E-state index in [9.17, 15) is 4.79 Å². The summed E-state index contributed by atoms with van der Waals surface area (Å²) in [5.41, 5.74) is 11.8. The molecule has 0 aliphatic heterocycles. The van der Waals surface area contributed by atoms with Gasteiger partial charge in [0.1, 0.15) is 15.6 Å². The van der Waals surface area contributed by atoms with Crippen molar-refractivity contribution in [1.29, 1.82) is 0 Å². The molecule has 4 N–H and O–H groups in total. The molecule has 5 nitrogen and oxygen atoms in total. The summed E-state index contributed by atoms with van der Waals surface area (Å²) in [7, 11) is 0. The van der Waals surface area contributed by atoms with Crippen LogP contribution in [0.4, 0.5) is 10.7 Å². The van der Waals surface area contributed by atoms with Gasteiger partial charge in [-0.25, -0.2) is 0 Å². The number of thiophene rings is 1. The fourth-order valence-electron chi connectivity index (χ4n) is 2.12. The minimum atomic E-state index is -0.491. The van der Waals surface area contributed by atoms with E-state index in [0.717, 1.165) is 24.0 Å². The molecule has 6 heteroatoms. The maximum Gasteiger partial charge on any atom is 0.261 e. The van der Waals surface area contributed by atoms with E-state index in [2.05, 4.69) is 11.8 Å². The Bertz CT molecular complexity index is 495. The molecular formula is C14H23N3O2S. The van der Waals surface area contributed by atoms with E-state index in [1.165, 1.54) is 24.2 Å². The van der Waals surface area contributed by atoms with E-state index in [1.54, 1.807) is 0 Å². The van der Waals surface area contributed by atoms with Gasteiger partial charge in [-0.15, -0.1) is 11.3 Å². The number of hydrogen-bond donors (Lipinski definition) is 2. The number of amides is 1. The number of primary amides is 1. The predicted molar refractivity (Wildman–Crippen MR) is 83.6 cm³/mol. The maximum atomic E-state index is 11.5. The molecule has 1 amide bonds. The highest BCUT2D eigenvalue weighted by atomic mass is 32.1. The normalized spacial score (nSPS) is 14.6. The molecule has 0 radical (unpaired) electrons. The highest BCUT2D eigenvalue weighted by Crippen LogP contribution is 2.46. The molecule has 0 unspecified atom stereocenters. The third kappa shape index (κ3) is 3.17. The molecule has 1 aromatic rings. The van der Waals surface area contributed by atoms with Gasteiger partial charge in [-0.2, -0.15) is 0 Å². The van der Waals surface area contributed by atoms with Crippen molar-refractivity contribution in [2.75, 3.05) is 23.7 Å². The van der Waals surface area contributed by atoms with Crippen LogP contribution in [0, 0.1) is 5.92 Å². The average Bonchev–Trinajstić information content (AvgIpc) is 3.13. The molecule has 1 aliphatic carbocycles. The molecule has 1 aliphatic rings. The number of nitrogens with two attached hydrogens (primary N) is 2. The Morgan fingerprint density at radius 2 is 2.15 bits per heavy atom. The summed E-state index contributed by atoms with van der Waals surface area (Å²) in [5.74, 6) is 0.873. The lowest BCUT2D eigenvalue weighted by atomic mass is 10.3. The molecule has 20 heavy (non-hydrogen) atoms. The summed E-state index contributed by atoms with van der Waals surface area (Å²) in [6.45, 7) is 7.84. The van der Waals surface area contributed by atoms with Gasteiger partial charge in [0, 0.05) is 13.1 Å². The number of carbonyl (C=O) groups excluding carboxylic acids is 1. The highest BCUT2D eigenvalue weighted by Gasteiger charge is 2.29. The molecule has 0 aromatic carbocycles. The Morgan fingerprint density at radius 1 is 1.50 bits per heavy atom. The molecular weight excluding hydrogens is 274 g/mol. The van der Waals surface area contributed by atoms with Gasteiger partial charge in [-0.1, -0.05) is 0 Å². The van der Waals surface area contributed by atoms with Crippen molar-refractivity contribution in [3.8, 4) is 5.75 Å². The number of ether oxygens (including phenoxy) is 1. The van der Waals surface area contributed by atoms with Crippen molar-refractivity contribution < 1.29 is 9.53 Å². The number of nitrogen functional groups attached to an aromatic ring is 1. The first-order valence-electron chi connectivity index (χ1n) is 7.07. The number of nitrogens with zero attached hydrogens (tertiary/aromatic N) is 1. The van der Waals surface area contributed by atoms with E-state index in [-0.39, 0.29) is 6.10 Å². The molecule has 1 saturated carbocycles. The lowest BCUT2D eigenvalue weighted by Crippen LogP contribution is -2.25. The summed E-state index contributed by atoms with van der Waals surface area (Å²) in [6, 6.07) is 0. The van der Waals surface area contributed by atoms with Crippen LogP contribution in [0.25, 0.3) is 0 Å². The Balaban J connectivity index is 2.36. The maximum absolute atomic E-state index is 11.5. The fourth-order valence-corrected chi connectivity index (χ4v) is 3.20. The van der Waals surface area contributed by atoms with Crippen LogP contribution in [0.5, 0.6) is 5.75 Å². The zero-order valence-corrected chi connectivity index (χ0v) is 13.1. The first-order chi connectivity index (χ1) is 9.43. The van der Waals surface area contributed by atoms with Crippen molar-refractivity contribution in [1.82, 2.24) is 0 Å². The van der Waals surface area contributed by atoms with Gasteiger partial charge in [0.15, 0.2) is 5.75 Å². The standard InChI is InChI=1S/C14H23N3O2S/c1-4-17(7-9-5-6-9)14-11(19-8(2)3)10(15)12(20-14)13(16)18/h8-9H,4-7,15H2,1-3H3,(H2,16,18). The first kappa shape index (κ1) is 15.0. The third-order valence-electron chi connectivity index (χ3n) is 3.30. The molecule has 112 valence electrons. The monoisotopic (exact) mass is 297 g/mol. The van der Waals surface area contributed by atoms with Gasteiger partial charge >= 0.3 is 0 Å². The van der Waals surface area contributed by atoms with Crippen LogP contribution < -0.4 is 21.1 Å². The second-order valence-corrected chi connectivity index (χ2v) is 6.49. The Kier molecular flexibility index (Phi) is 4.42. The number of hydrogen-bond acceptors (Lipinski definition) is 5. The Hall–Kier alpha value is -1.43. The van der Waals surface area contributed by atoms with Crippen LogP contribution in [-0.4, -0.2) is 25.1 Å². The smallest absolute Gasteiger partial charge is 0.261 e. The molecule has 1 fully saturated rings. The van der Waals surface area contributed by atoms with Crippen LogP contribution in [-0.2, 0) is 0 Å². The Labute approximate surface area is 123 Å². The highest BCUT2D eigenvalue weighted by molar-refractivity contribution is 7.19. The van der Waals surface area contributed by atoms with Crippen molar-refractivity contribution in [3.05, 3.63) is 4.88 Å².